The summed E-state index contributed by atoms with van der Waals surface area (Å²) in [5, 5.41) is 0. The maximum absolute atomic E-state index is 5.70. The predicted octanol–water partition coefficient (Wildman–Crippen LogP) is 2.51. The number of ether oxygens (including phenoxy) is 2. The largest absolute Gasteiger partial charge is 0.378 e. The van der Waals surface area contributed by atoms with Crippen LogP contribution in [0, 0.1) is 0 Å². The molecule has 2 nitrogen and oxygen atoms in total. The molecule has 0 aromatic carbocycles. The Bertz CT molecular complexity index is 119. The number of hydrogen-bond donors (Lipinski definition) is 0. The lowest BCUT2D eigenvalue weighted by Gasteiger charge is -2.29. The van der Waals surface area contributed by atoms with E-state index in [4.69, 9.17) is 9.47 Å². The fourth-order valence-corrected chi connectivity index (χ4v) is 2.28. The van der Waals surface area contributed by atoms with Crippen molar-refractivity contribution in [2.75, 3.05) is 13.2 Å². The fraction of sp³-hybridized carbons (Fsp3) is 1.00. The second-order valence-corrected chi connectivity index (χ2v) is 4.21. The van der Waals surface area contributed by atoms with Crippen molar-refractivity contribution in [2.45, 2.75) is 57.2 Å². The first kappa shape index (κ1) is 9.47. The first-order chi connectivity index (χ1) is 6.45. The van der Waals surface area contributed by atoms with Crippen LogP contribution in [0.3, 0.4) is 0 Å². The van der Waals surface area contributed by atoms with Gasteiger partial charge in [0.25, 0.3) is 0 Å². The summed E-state index contributed by atoms with van der Waals surface area (Å²) in [5.41, 5.74) is 0. The topological polar surface area (TPSA) is 18.5 Å². The third kappa shape index (κ3) is 2.96. The molecule has 2 aliphatic rings. The van der Waals surface area contributed by atoms with Gasteiger partial charge in [0.05, 0.1) is 12.2 Å². The van der Waals surface area contributed by atoms with Crippen LogP contribution in [0.4, 0.5) is 0 Å². The standard InChI is InChI=1S/C11H20O2/c1-3-7-12-10(5-1)9-11-6-2-4-8-13-11/h10-11H,1-9H2/t10-,11-/m0/s1. The molecule has 0 aliphatic carbocycles. The molecule has 0 bridgehead atoms. The maximum atomic E-state index is 5.70. The zero-order valence-electron chi connectivity index (χ0n) is 8.34. The Hall–Kier alpha value is -0.0800. The Morgan fingerprint density at radius 2 is 1.31 bits per heavy atom. The monoisotopic (exact) mass is 184 g/mol. The van der Waals surface area contributed by atoms with Crippen molar-refractivity contribution in [2.24, 2.45) is 0 Å². The van der Waals surface area contributed by atoms with Gasteiger partial charge < -0.3 is 9.47 Å². The quantitative estimate of drug-likeness (QED) is 0.656. The Kier molecular flexibility index (Phi) is 3.62. The van der Waals surface area contributed by atoms with E-state index in [9.17, 15) is 0 Å². The van der Waals surface area contributed by atoms with E-state index >= 15 is 0 Å². The van der Waals surface area contributed by atoms with E-state index in [1.807, 2.05) is 0 Å². The molecule has 0 N–H and O–H groups in total. The van der Waals surface area contributed by atoms with E-state index in [1.54, 1.807) is 0 Å². The molecule has 0 aromatic heterocycles. The third-order valence-electron chi connectivity index (χ3n) is 3.07. The van der Waals surface area contributed by atoms with Gasteiger partial charge in [-0.25, -0.2) is 0 Å². The second-order valence-electron chi connectivity index (χ2n) is 4.21. The fourth-order valence-electron chi connectivity index (χ4n) is 2.28. The molecule has 0 spiro atoms. The summed E-state index contributed by atoms with van der Waals surface area (Å²) >= 11 is 0. The Labute approximate surface area is 80.6 Å². The van der Waals surface area contributed by atoms with Gasteiger partial charge in [0.2, 0.25) is 0 Å². The van der Waals surface area contributed by atoms with E-state index < -0.39 is 0 Å². The zero-order chi connectivity index (χ0) is 8.93. The van der Waals surface area contributed by atoms with Gasteiger partial charge in [0.15, 0.2) is 0 Å². The van der Waals surface area contributed by atoms with Crippen LogP contribution in [0.1, 0.15) is 44.9 Å². The van der Waals surface area contributed by atoms with Crippen LogP contribution >= 0.6 is 0 Å². The Morgan fingerprint density at radius 1 is 0.769 bits per heavy atom. The molecule has 0 saturated carbocycles. The minimum absolute atomic E-state index is 0.497. The van der Waals surface area contributed by atoms with Crippen LogP contribution in [-0.4, -0.2) is 25.4 Å². The van der Waals surface area contributed by atoms with Crippen LogP contribution in [0.2, 0.25) is 0 Å². The van der Waals surface area contributed by atoms with Crippen molar-refractivity contribution in [3.05, 3.63) is 0 Å². The number of rotatable bonds is 2. The lowest BCUT2D eigenvalue weighted by atomic mass is 9.99. The average Bonchev–Trinajstić information content (AvgIpc) is 2.21. The molecule has 2 heterocycles. The van der Waals surface area contributed by atoms with Crippen molar-refractivity contribution in [1.29, 1.82) is 0 Å². The maximum Gasteiger partial charge on any atom is 0.0599 e. The summed E-state index contributed by atoms with van der Waals surface area (Å²) in [6.45, 7) is 1.94. The van der Waals surface area contributed by atoms with Crippen LogP contribution in [0.15, 0.2) is 0 Å². The normalized spacial score (nSPS) is 36.0. The van der Waals surface area contributed by atoms with E-state index in [2.05, 4.69) is 0 Å². The summed E-state index contributed by atoms with van der Waals surface area (Å²) in [6, 6.07) is 0. The molecule has 2 saturated heterocycles. The van der Waals surface area contributed by atoms with Crippen molar-refractivity contribution in [1.82, 2.24) is 0 Å². The van der Waals surface area contributed by atoms with E-state index in [-0.39, 0.29) is 0 Å². The highest BCUT2D eigenvalue weighted by molar-refractivity contribution is 4.71. The molecule has 0 radical (unpaired) electrons. The molecule has 0 unspecified atom stereocenters. The molecule has 0 aromatic rings. The van der Waals surface area contributed by atoms with E-state index in [0.717, 1.165) is 19.6 Å². The third-order valence-corrected chi connectivity index (χ3v) is 3.07. The van der Waals surface area contributed by atoms with Crippen LogP contribution in [0.5, 0.6) is 0 Å². The number of hydrogen-bond acceptors (Lipinski definition) is 2. The average molecular weight is 184 g/mol. The summed E-state index contributed by atoms with van der Waals surface area (Å²) in [7, 11) is 0. The summed E-state index contributed by atoms with van der Waals surface area (Å²) in [6.07, 6.45) is 9.83. The highest BCUT2D eigenvalue weighted by atomic mass is 16.5. The molecule has 2 heteroatoms. The Balaban J connectivity index is 1.69. The van der Waals surface area contributed by atoms with E-state index in [0.29, 0.717) is 12.2 Å². The van der Waals surface area contributed by atoms with Crippen molar-refractivity contribution in [3.8, 4) is 0 Å². The van der Waals surface area contributed by atoms with Crippen LogP contribution < -0.4 is 0 Å². The summed E-state index contributed by atoms with van der Waals surface area (Å²) in [5.74, 6) is 0. The lowest BCUT2D eigenvalue weighted by Crippen LogP contribution is -2.28. The molecule has 2 fully saturated rings. The van der Waals surface area contributed by atoms with E-state index in [1.165, 1.54) is 38.5 Å². The molecule has 13 heavy (non-hydrogen) atoms. The summed E-state index contributed by atoms with van der Waals surface area (Å²) in [4.78, 5) is 0. The molecule has 76 valence electrons. The Morgan fingerprint density at radius 3 is 1.69 bits per heavy atom. The van der Waals surface area contributed by atoms with Gasteiger partial charge in [-0.3, -0.25) is 0 Å². The van der Waals surface area contributed by atoms with Crippen molar-refractivity contribution in [3.63, 3.8) is 0 Å². The smallest absolute Gasteiger partial charge is 0.0599 e. The van der Waals surface area contributed by atoms with Gasteiger partial charge >= 0.3 is 0 Å². The van der Waals surface area contributed by atoms with Gasteiger partial charge in [-0.05, 0) is 44.9 Å². The molecule has 2 aliphatic heterocycles. The van der Waals surface area contributed by atoms with Crippen molar-refractivity contribution < 1.29 is 9.47 Å². The zero-order valence-corrected chi connectivity index (χ0v) is 8.34. The van der Waals surface area contributed by atoms with Crippen molar-refractivity contribution >= 4 is 0 Å². The first-order valence-corrected chi connectivity index (χ1v) is 5.68. The van der Waals surface area contributed by atoms with Gasteiger partial charge in [0.1, 0.15) is 0 Å². The highest BCUT2D eigenvalue weighted by Crippen LogP contribution is 2.23. The second kappa shape index (κ2) is 4.97. The molecule has 2 atom stereocenters. The van der Waals surface area contributed by atoms with Crippen LogP contribution in [-0.2, 0) is 9.47 Å². The minimum Gasteiger partial charge on any atom is -0.378 e. The van der Waals surface area contributed by atoms with Crippen LogP contribution in [0.25, 0.3) is 0 Å². The predicted molar refractivity (Wildman–Crippen MR) is 51.8 cm³/mol. The lowest BCUT2D eigenvalue weighted by molar-refractivity contribution is -0.0512. The molecule has 2 rings (SSSR count). The van der Waals surface area contributed by atoms with Gasteiger partial charge in [-0.15, -0.1) is 0 Å². The van der Waals surface area contributed by atoms with Gasteiger partial charge in [-0.2, -0.15) is 0 Å². The SMILES string of the molecule is C1CC[C@@H](C[C@@H]2CCCCO2)OC1. The molecular formula is C11H20O2. The first-order valence-electron chi connectivity index (χ1n) is 5.68. The highest BCUT2D eigenvalue weighted by Gasteiger charge is 2.21. The minimum atomic E-state index is 0.497. The molecular weight excluding hydrogens is 164 g/mol. The van der Waals surface area contributed by atoms with Gasteiger partial charge in [-0.1, -0.05) is 0 Å². The molecule has 0 amide bonds. The summed E-state index contributed by atoms with van der Waals surface area (Å²) < 4.78 is 11.4. The van der Waals surface area contributed by atoms with Gasteiger partial charge in [0, 0.05) is 13.2 Å².